The average Bonchev–Trinajstić information content (AvgIpc) is 2.57. The third-order valence-electron chi connectivity index (χ3n) is 3.54. The first kappa shape index (κ1) is 19.4. The van der Waals surface area contributed by atoms with Gasteiger partial charge in [0.05, 0.1) is 0 Å². The van der Waals surface area contributed by atoms with Gasteiger partial charge in [-0.05, 0) is 44.0 Å². The average molecular weight is 327 g/mol. The summed E-state index contributed by atoms with van der Waals surface area (Å²) in [5, 5.41) is 12.0. The van der Waals surface area contributed by atoms with E-state index in [4.69, 9.17) is 0 Å². The van der Waals surface area contributed by atoms with Gasteiger partial charge in [-0.25, -0.2) is 0 Å². The number of nitriles is 1. The summed E-state index contributed by atoms with van der Waals surface area (Å²) in [5.41, 5.74) is 1.22. The number of amides is 1. The number of benzene rings is 1. The van der Waals surface area contributed by atoms with E-state index >= 15 is 0 Å². The van der Waals surface area contributed by atoms with Crippen LogP contribution in [0.1, 0.15) is 50.4 Å². The molecule has 0 heterocycles. The van der Waals surface area contributed by atoms with Crippen LogP contribution in [-0.4, -0.2) is 29.7 Å². The van der Waals surface area contributed by atoms with E-state index in [0.29, 0.717) is 11.3 Å². The van der Waals surface area contributed by atoms with Crippen molar-refractivity contribution in [3.8, 4) is 6.07 Å². The van der Waals surface area contributed by atoms with Gasteiger partial charge in [0.25, 0.3) is 5.91 Å². The molecule has 0 unspecified atom stereocenters. The van der Waals surface area contributed by atoms with Crippen molar-refractivity contribution in [1.29, 1.82) is 5.26 Å². The Labute approximate surface area is 144 Å². The number of hydrogen-bond donors (Lipinski definition) is 1. The fraction of sp³-hybridized carbons (Fsp3) is 0.421. The third-order valence-corrected chi connectivity index (χ3v) is 3.54. The van der Waals surface area contributed by atoms with Gasteiger partial charge in [-0.2, -0.15) is 5.26 Å². The number of nitrogens with one attached hydrogen (secondary N) is 1. The minimum absolute atomic E-state index is 0.0309. The Balaban J connectivity index is 2.82. The van der Waals surface area contributed by atoms with Gasteiger partial charge < -0.3 is 10.2 Å². The SMILES string of the molecule is CCCCN(/C=C(/C#N)C(=O)Nc1ccc(C(C)=O)cc1)CCC. The monoisotopic (exact) mass is 327 g/mol. The van der Waals surface area contributed by atoms with Crippen molar-refractivity contribution >= 4 is 17.4 Å². The topological polar surface area (TPSA) is 73.2 Å². The molecule has 0 atom stereocenters. The molecule has 0 aromatic heterocycles. The van der Waals surface area contributed by atoms with Crippen molar-refractivity contribution in [3.63, 3.8) is 0 Å². The molecule has 0 aliphatic rings. The predicted octanol–water partition coefficient (Wildman–Crippen LogP) is 3.75. The number of rotatable bonds is 9. The Morgan fingerprint density at radius 3 is 2.33 bits per heavy atom. The highest BCUT2D eigenvalue weighted by molar-refractivity contribution is 6.06. The van der Waals surface area contributed by atoms with Crippen molar-refractivity contribution in [2.45, 2.75) is 40.0 Å². The van der Waals surface area contributed by atoms with Crippen molar-refractivity contribution in [2.75, 3.05) is 18.4 Å². The minimum atomic E-state index is -0.439. The maximum Gasteiger partial charge on any atom is 0.267 e. The molecule has 5 nitrogen and oxygen atoms in total. The lowest BCUT2D eigenvalue weighted by Gasteiger charge is -2.19. The zero-order valence-corrected chi connectivity index (χ0v) is 14.6. The molecule has 0 spiro atoms. The molecule has 0 saturated carbocycles. The molecule has 0 aliphatic carbocycles. The largest absolute Gasteiger partial charge is 0.376 e. The fourth-order valence-corrected chi connectivity index (χ4v) is 2.20. The van der Waals surface area contributed by atoms with Crippen LogP contribution in [0.3, 0.4) is 0 Å². The quantitative estimate of drug-likeness (QED) is 0.426. The third kappa shape index (κ3) is 6.25. The first-order valence-electron chi connectivity index (χ1n) is 8.30. The Morgan fingerprint density at radius 1 is 1.17 bits per heavy atom. The van der Waals surface area contributed by atoms with E-state index in [1.807, 2.05) is 11.0 Å². The summed E-state index contributed by atoms with van der Waals surface area (Å²) in [7, 11) is 0. The number of carbonyl (C=O) groups is 2. The van der Waals surface area contributed by atoms with E-state index in [1.165, 1.54) is 6.92 Å². The molecule has 24 heavy (non-hydrogen) atoms. The first-order valence-corrected chi connectivity index (χ1v) is 8.30. The minimum Gasteiger partial charge on any atom is -0.376 e. The van der Waals surface area contributed by atoms with Crippen LogP contribution in [0.4, 0.5) is 5.69 Å². The van der Waals surface area contributed by atoms with Gasteiger partial charge in [-0.1, -0.05) is 20.3 Å². The number of anilines is 1. The van der Waals surface area contributed by atoms with E-state index in [-0.39, 0.29) is 11.4 Å². The second kappa shape index (κ2) is 10.2. The van der Waals surface area contributed by atoms with Gasteiger partial charge in [0.15, 0.2) is 5.78 Å². The number of hydrogen-bond acceptors (Lipinski definition) is 4. The van der Waals surface area contributed by atoms with Gasteiger partial charge >= 0.3 is 0 Å². The molecular formula is C19H25N3O2. The maximum atomic E-state index is 12.3. The van der Waals surface area contributed by atoms with Gasteiger partial charge in [-0.3, -0.25) is 9.59 Å². The molecule has 1 rings (SSSR count). The van der Waals surface area contributed by atoms with Crippen molar-refractivity contribution in [1.82, 2.24) is 4.90 Å². The van der Waals surface area contributed by atoms with Crippen molar-refractivity contribution in [2.24, 2.45) is 0 Å². The van der Waals surface area contributed by atoms with Crippen LogP contribution in [0.25, 0.3) is 0 Å². The number of nitrogens with zero attached hydrogens (tertiary/aromatic N) is 2. The van der Waals surface area contributed by atoms with Gasteiger partial charge in [0.1, 0.15) is 11.6 Å². The zero-order valence-electron chi connectivity index (χ0n) is 14.6. The van der Waals surface area contributed by atoms with Crippen LogP contribution in [0.5, 0.6) is 0 Å². The standard InChI is InChI=1S/C19H25N3O2/c1-4-6-12-22(11-5-2)14-17(13-20)19(24)21-18-9-7-16(8-10-18)15(3)23/h7-10,14H,4-6,11-12H2,1-3H3,(H,21,24)/b17-14-. The molecule has 1 N–H and O–H groups in total. The Bertz CT molecular complexity index is 627. The van der Waals surface area contributed by atoms with Gasteiger partial charge in [0.2, 0.25) is 0 Å². The molecule has 0 fully saturated rings. The van der Waals surface area contributed by atoms with Crippen LogP contribution < -0.4 is 5.32 Å². The zero-order chi connectivity index (χ0) is 17.9. The maximum absolute atomic E-state index is 12.3. The van der Waals surface area contributed by atoms with Crippen molar-refractivity contribution in [3.05, 3.63) is 41.6 Å². The summed E-state index contributed by atoms with van der Waals surface area (Å²) in [4.78, 5) is 25.6. The lowest BCUT2D eigenvalue weighted by molar-refractivity contribution is -0.112. The van der Waals surface area contributed by atoms with E-state index < -0.39 is 5.91 Å². The van der Waals surface area contributed by atoms with E-state index in [1.54, 1.807) is 30.5 Å². The van der Waals surface area contributed by atoms with Crippen LogP contribution in [0.2, 0.25) is 0 Å². The summed E-state index contributed by atoms with van der Waals surface area (Å²) >= 11 is 0. The highest BCUT2D eigenvalue weighted by Gasteiger charge is 2.11. The highest BCUT2D eigenvalue weighted by atomic mass is 16.1. The fourth-order valence-electron chi connectivity index (χ4n) is 2.20. The number of unbranched alkanes of at least 4 members (excludes halogenated alkanes) is 1. The summed E-state index contributed by atoms with van der Waals surface area (Å²) in [6.07, 6.45) is 4.67. The van der Waals surface area contributed by atoms with Crippen LogP contribution in [0.15, 0.2) is 36.0 Å². The van der Waals surface area contributed by atoms with E-state index in [9.17, 15) is 14.9 Å². The first-order chi connectivity index (χ1) is 11.5. The smallest absolute Gasteiger partial charge is 0.267 e. The Morgan fingerprint density at radius 2 is 1.83 bits per heavy atom. The number of Topliss-reactive ketones (excluding diaryl/α,β-unsaturated/α-hetero) is 1. The molecule has 0 bridgehead atoms. The van der Waals surface area contributed by atoms with Gasteiger partial charge in [-0.15, -0.1) is 0 Å². The molecule has 128 valence electrons. The second-order valence-electron chi connectivity index (χ2n) is 5.63. The lowest BCUT2D eigenvalue weighted by Crippen LogP contribution is -2.23. The van der Waals surface area contributed by atoms with E-state index in [2.05, 4.69) is 19.2 Å². The molecule has 1 aromatic carbocycles. The molecular weight excluding hydrogens is 302 g/mol. The lowest BCUT2D eigenvalue weighted by atomic mass is 10.1. The number of carbonyl (C=O) groups excluding carboxylic acids is 2. The van der Waals surface area contributed by atoms with Gasteiger partial charge in [0, 0.05) is 30.5 Å². The number of ketones is 1. The summed E-state index contributed by atoms with van der Waals surface area (Å²) in [5.74, 6) is -0.470. The molecule has 0 aliphatic heterocycles. The normalized spacial score (nSPS) is 10.8. The summed E-state index contributed by atoms with van der Waals surface area (Å²) in [6, 6.07) is 8.59. The Kier molecular flexibility index (Phi) is 8.28. The van der Waals surface area contributed by atoms with Crippen LogP contribution in [0, 0.1) is 11.3 Å². The molecule has 0 radical (unpaired) electrons. The van der Waals surface area contributed by atoms with Crippen LogP contribution >= 0.6 is 0 Å². The predicted molar refractivity (Wildman–Crippen MR) is 95.5 cm³/mol. The molecule has 0 saturated heterocycles. The second-order valence-corrected chi connectivity index (χ2v) is 5.63. The molecule has 1 aromatic rings. The summed E-state index contributed by atoms with van der Waals surface area (Å²) < 4.78 is 0. The van der Waals surface area contributed by atoms with Crippen LogP contribution in [-0.2, 0) is 4.79 Å². The van der Waals surface area contributed by atoms with Crippen molar-refractivity contribution < 1.29 is 9.59 Å². The van der Waals surface area contributed by atoms with E-state index in [0.717, 1.165) is 32.4 Å². The highest BCUT2D eigenvalue weighted by Crippen LogP contribution is 2.12. The molecule has 5 heteroatoms. The Hall–Kier alpha value is -2.61. The summed E-state index contributed by atoms with van der Waals surface area (Å²) in [6.45, 7) is 7.30. The molecule has 1 amide bonds.